The lowest BCUT2D eigenvalue weighted by molar-refractivity contribution is 0.516. The molecule has 2 nitrogen and oxygen atoms in total. The molecule has 2 aromatic carbocycles. The van der Waals surface area contributed by atoms with Crippen LogP contribution in [0.3, 0.4) is 0 Å². The van der Waals surface area contributed by atoms with Gasteiger partial charge in [-0.15, -0.1) is 0 Å². The molecule has 2 aromatic rings. The standard InChI is InChI=1S/C61H106N2/c1-6-11-16-17-18-19-20-21-22-23-24-25-26-27-28-29-30-31-32-33-34-35-36-37-42-47-61(63-60-51-49-56(44-39-13-8-3)58(53-60)46-41-15-10-5)54-62-59-50-48-55(43-38-12-7-2)57(52-59)45-40-14-9-4/h48-54H,6-47H2,1-5H3. The predicted molar refractivity (Wildman–Crippen MR) is 287 cm³/mol. The fourth-order valence-electron chi connectivity index (χ4n) is 9.50. The fourth-order valence-corrected chi connectivity index (χ4v) is 9.50. The van der Waals surface area contributed by atoms with Gasteiger partial charge in [-0.1, -0.05) is 252 Å². The topological polar surface area (TPSA) is 24.7 Å². The molecule has 0 atom stereocenters. The van der Waals surface area contributed by atoms with Crippen LogP contribution in [0, 0.1) is 0 Å². The molecule has 0 saturated heterocycles. The number of nitrogens with zero attached hydrogens (tertiary/aromatic N) is 2. The van der Waals surface area contributed by atoms with Crippen LogP contribution in [0.4, 0.5) is 11.4 Å². The zero-order valence-electron chi connectivity index (χ0n) is 43.1. The van der Waals surface area contributed by atoms with Crippen molar-refractivity contribution < 1.29 is 0 Å². The van der Waals surface area contributed by atoms with E-state index in [1.54, 1.807) is 5.56 Å². The van der Waals surface area contributed by atoms with Crippen LogP contribution in [0.15, 0.2) is 46.4 Å². The highest BCUT2D eigenvalue weighted by Crippen LogP contribution is 2.26. The molecular formula is C61H106N2. The van der Waals surface area contributed by atoms with Crippen LogP contribution in [0.2, 0.25) is 0 Å². The number of hydrogen-bond acceptors (Lipinski definition) is 2. The number of unbranched alkanes of at least 4 members (excludes halogenated alkanes) is 32. The predicted octanol–water partition coefficient (Wildman–Crippen LogP) is 21.3. The van der Waals surface area contributed by atoms with E-state index in [1.807, 2.05) is 0 Å². The Morgan fingerprint density at radius 1 is 0.317 bits per heavy atom. The van der Waals surface area contributed by atoms with E-state index in [-0.39, 0.29) is 0 Å². The first kappa shape index (κ1) is 56.9. The molecule has 0 bridgehead atoms. The van der Waals surface area contributed by atoms with Gasteiger partial charge in [0.2, 0.25) is 0 Å². The molecule has 0 radical (unpaired) electrons. The van der Waals surface area contributed by atoms with Gasteiger partial charge in [-0.25, -0.2) is 0 Å². The summed E-state index contributed by atoms with van der Waals surface area (Å²) in [6.07, 6.45) is 59.0. The third-order valence-corrected chi connectivity index (χ3v) is 13.8. The van der Waals surface area contributed by atoms with Crippen LogP contribution in [0.25, 0.3) is 0 Å². The molecule has 0 aliphatic rings. The smallest absolute Gasteiger partial charge is 0.0636 e. The van der Waals surface area contributed by atoms with Gasteiger partial charge in [0, 0.05) is 6.21 Å². The van der Waals surface area contributed by atoms with Gasteiger partial charge in [0.25, 0.3) is 0 Å². The van der Waals surface area contributed by atoms with Crippen molar-refractivity contribution in [2.24, 2.45) is 9.98 Å². The van der Waals surface area contributed by atoms with Gasteiger partial charge in [0.1, 0.15) is 0 Å². The van der Waals surface area contributed by atoms with Crippen molar-refractivity contribution in [3.63, 3.8) is 0 Å². The summed E-state index contributed by atoms with van der Waals surface area (Å²) >= 11 is 0. The first-order valence-electron chi connectivity index (χ1n) is 28.5. The molecule has 2 heteroatoms. The zero-order valence-corrected chi connectivity index (χ0v) is 43.1. The van der Waals surface area contributed by atoms with Crippen LogP contribution in [0.5, 0.6) is 0 Å². The van der Waals surface area contributed by atoms with Crippen molar-refractivity contribution in [1.29, 1.82) is 0 Å². The highest BCUT2D eigenvalue weighted by Gasteiger charge is 2.08. The van der Waals surface area contributed by atoms with Gasteiger partial charge < -0.3 is 0 Å². The Balaban J connectivity index is 1.81. The number of hydrogen-bond donors (Lipinski definition) is 0. The van der Waals surface area contributed by atoms with E-state index in [9.17, 15) is 0 Å². The number of benzene rings is 2. The second kappa shape index (κ2) is 42.4. The molecule has 0 fully saturated rings. The second-order valence-corrected chi connectivity index (χ2v) is 19.8. The van der Waals surface area contributed by atoms with Crippen LogP contribution >= 0.6 is 0 Å². The minimum absolute atomic E-state index is 1.00. The monoisotopic (exact) mass is 867 g/mol. The summed E-state index contributed by atoms with van der Waals surface area (Å²) in [5.41, 5.74) is 9.48. The molecule has 0 spiro atoms. The van der Waals surface area contributed by atoms with Crippen LogP contribution < -0.4 is 0 Å². The third-order valence-electron chi connectivity index (χ3n) is 13.8. The minimum atomic E-state index is 1.00. The van der Waals surface area contributed by atoms with E-state index in [1.165, 1.54) is 280 Å². The summed E-state index contributed by atoms with van der Waals surface area (Å²) in [6.45, 7) is 11.5. The average Bonchev–Trinajstić information content (AvgIpc) is 3.29. The molecule has 0 N–H and O–H groups in total. The maximum absolute atomic E-state index is 5.35. The number of aryl methyl sites for hydroxylation is 4. The first-order valence-corrected chi connectivity index (χ1v) is 28.5. The van der Waals surface area contributed by atoms with Crippen molar-refractivity contribution in [2.45, 2.75) is 304 Å². The Morgan fingerprint density at radius 3 is 0.968 bits per heavy atom. The van der Waals surface area contributed by atoms with Gasteiger partial charge in [-0.05, 0) is 111 Å². The summed E-state index contributed by atoms with van der Waals surface area (Å²) in [7, 11) is 0. The summed E-state index contributed by atoms with van der Waals surface area (Å²) < 4.78 is 0. The van der Waals surface area contributed by atoms with E-state index < -0.39 is 0 Å². The fraction of sp³-hybridized carbons (Fsp3) is 0.770. The largest absolute Gasteiger partial charge is 0.255 e. The lowest BCUT2D eigenvalue weighted by Crippen LogP contribution is -2.01. The number of rotatable bonds is 45. The molecule has 2 rings (SSSR count). The normalized spacial score (nSPS) is 12.0. The lowest BCUT2D eigenvalue weighted by atomic mass is 9.96. The van der Waals surface area contributed by atoms with Crippen LogP contribution in [0.1, 0.15) is 301 Å². The van der Waals surface area contributed by atoms with E-state index in [2.05, 4.69) is 77.2 Å². The van der Waals surface area contributed by atoms with E-state index in [0.29, 0.717) is 0 Å². The van der Waals surface area contributed by atoms with E-state index >= 15 is 0 Å². The zero-order chi connectivity index (χ0) is 45.1. The van der Waals surface area contributed by atoms with Gasteiger partial charge in [0.05, 0.1) is 17.1 Å². The van der Waals surface area contributed by atoms with Gasteiger partial charge in [0.15, 0.2) is 0 Å². The SMILES string of the molecule is CCCCCCCCCCCCCCCCCCCCCCCCCCCC(C=Nc1ccc(CCCCC)c(CCCCC)c1)=Nc1ccc(CCCCC)c(CCCCC)c1. The third kappa shape index (κ3) is 31.4. The molecule has 360 valence electrons. The Bertz CT molecular complexity index is 1370. The second-order valence-electron chi connectivity index (χ2n) is 19.8. The van der Waals surface area contributed by atoms with Crippen molar-refractivity contribution in [2.75, 3.05) is 0 Å². The van der Waals surface area contributed by atoms with E-state index in [4.69, 9.17) is 9.98 Å². The van der Waals surface area contributed by atoms with Gasteiger partial charge >= 0.3 is 0 Å². The summed E-state index contributed by atoms with van der Waals surface area (Å²) in [6, 6.07) is 14.1. The van der Waals surface area contributed by atoms with Crippen molar-refractivity contribution in [3.05, 3.63) is 58.7 Å². The lowest BCUT2D eigenvalue weighted by Gasteiger charge is -2.12. The molecule has 0 aromatic heterocycles. The molecule has 0 unspecified atom stereocenters. The van der Waals surface area contributed by atoms with Gasteiger partial charge in [-0.3, -0.25) is 9.98 Å². The van der Waals surface area contributed by atoms with Crippen LogP contribution in [-0.2, 0) is 25.7 Å². The maximum Gasteiger partial charge on any atom is 0.0636 e. The highest BCUT2D eigenvalue weighted by molar-refractivity contribution is 6.31. The highest BCUT2D eigenvalue weighted by atomic mass is 14.8. The Morgan fingerprint density at radius 2 is 0.603 bits per heavy atom. The molecule has 0 saturated carbocycles. The van der Waals surface area contributed by atoms with E-state index in [0.717, 1.165) is 23.5 Å². The summed E-state index contributed by atoms with van der Waals surface area (Å²) in [5, 5.41) is 0. The molecule has 0 amide bonds. The Kier molecular flexibility index (Phi) is 38.3. The Hall–Kier alpha value is -2.22. The van der Waals surface area contributed by atoms with Gasteiger partial charge in [-0.2, -0.15) is 0 Å². The average molecular weight is 868 g/mol. The quantitative estimate of drug-likeness (QED) is 0.0468. The molecule has 0 aliphatic carbocycles. The Labute approximate surface area is 394 Å². The number of aliphatic imine (C=N–C) groups is 2. The van der Waals surface area contributed by atoms with Crippen molar-refractivity contribution >= 4 is 23.3 Å². The summed E-state index contributed by atoms with van der Waals surface area (Å²) in [5.74, 6) is 0. The van der Waals surface area contributed by atoms with Crippen LogP contribution in [-0.4, -0.2) is 11.9 Å². The molecule has 0 aliphatic heterocycles. The van der Waals surface area contributed by atoms with Crippen molar-refractivity contribution in [1.82, 2.24) is 0 Å². The minimum Gasteiger partial charge on any atom is -0.255 e. The maximum atomic E-state index is 5.35. The molecule has 0 heterocycles. The van der Waals surface area contributed by atoms with Crippen molar-refractivity contribution in [3.8, 4) is 0 Å². The first-order chi connectivity index (χ1) is 31.1. The summed E-state index contributed by atoms with van der Waals surface area (Å²) in [4.78, 5) is 10.5. The molecular weight excluding hydrogens is 761 g/mol. The molecule has 63 heavy (non-hydrogen) atoms.